The Bertz CT molecular complexity index is 485. The van der Waals surface area contributed by atoms with Gasteiger partial charge in [-0.1, -0.05) is 13.0 Å². The Balaban J connectivity index is 2.02. The largest absolute Gasteiger partial charge is 0.508 e. The quantitative estimate of drug-likeness (QED) is 0.814. The van der Waals surface area contributed by atoms with Gasteiger partial charge in [0.2, 0.25) is 0 Å². The highest BCUT2D eigenvalue weighted by molar-refractivity contribution is 5.50. The van der Waals surface area contributed by atoms with Crippen LogP contribution in [0.2, 0.25) is 0 Å². The molecule has 2 nitrogen and oxygen atoms in total. The summed E-state index contributed by atoms with van der Waals surface area (Å²) in [6.45, 7) is 4.40. The van der Waals surface area contributed by atoms with Crippen LogP contribution in [0.15, 0.2) is 12.1 Å². The van der Waals surface area contributed by atoms with E-state index in [1.165, 1.54) is 0 Å². The summed E-state index contributed by atoms with van der Waals surface area (Å²) in [4.78, 5) is 0. The summed E-state index contributed by atoms with van der Waals surface area (Å²) in [7, 11) is 0. The molecule has 0 spiro atoms. The first-order valence-electron chi connectivity index (χ1n) is 6.92. The van der Waals surface area contributed by atoms with E-state index in [1.807, 2.05) is 13.0 Å². The van der Waals surface area contributed by atoms with Crippen molar-refractivity contribution in [2.45, 2.75) is 51.2 Å². The van der Waals surface area contributed by atoms with E-state index in [4.69, 9.17) is 0 Å². The maximum Gasteiger partial charge on any atom is 0.389 e. The molecule has 1 aromatic carbocycles. The van der Waals surface area contributed by atoms with Crippen LogP contribution in [-0.2, 0) is 0 Å². The van der Waals surface area contributed by atoms with Gasteiger partial charge in [-0.25, -0.2) is 0 Å². The molecule has 2 unspecified atom stereocenters. The molecule has 2 rings (SSSR count). The number of hydrogen-bond donors (Lipinski definition) is 2. The molecule has 0 radical (unpaired) electrons. The van der Waals surface area contributed by atoms with Gasteiger partial charge in [0, 0.05) is 18.0 Å². The fourth-order valence-electron chi connectivity index (χ4n) is 3.09. The molecule has 1 aliphatic rings. The molecule has 0 amide bonds. The number of hydrogen-bond acceptors (Lipinski definition) is 2. The first kappa shape index (κ1) is 15.2. The zero-order chi connectivity index (χ0) is 14.9. The van der Waals surface area contributed by atoms with Crippen molar-refractivity contribution in [3.8, 4) is 5.75 Å². The van der Waals surface area contributed by atoms with Crippen LogP contribution in [-0.4, -0.2) is 17.8 Å². The number of fused-ring (bicyclic) bond motifs is 1. The van der Waals surface area contributed by atoms with Crippen molar-refractivity contribution in [2.24, 2.45) is 0 Å². The fourth-order valence-corrected chi connectivity index (χ4v) is 3.09. The minimum absolute atomic E-state index is 0.0480. The lowest BCUT2D eigenvalue weighted by atomic mass is 9.97. The van der Waals surface area contributed by atoms with Gasteiger partial charge >= 0.3 is 6.18 Å². The highest BCUT2D eigenvalue weighted by atomic mass is 19.4. The molecule has 0 aliphatic heterocycles. The summed E-state index contributed by atoms with van der Waals surface area (Å²) in [5, 5.41) is 13.2. The molecule has 0 saturated carbocycles. The van der Waals surface area contributed by atoms with Crippen LogP contribution in [0.1, 0.15) is 54.8 Å². The molecular weight excluding hydrogens is 267 g/mol. The standard InChI is InChI=1S/C15H20F3NO/c1-9-4-5-12(20)14-11(8-10(2)13(9)14)19-7-3-6-15(16,17)18/h4-5,10-11,19-20H,3,6-8H2,1-2H3. The Morgan fingerprint density at radius 1 is 1.30 bits per heavy atom. The molecule has 2 atom stereocenters. The molecule has 0 aromatic heterocycles. The number of phenols is 1. The molecular formula is C15H20F3NO. The summed E-state index contributed by atoms with van der Waals surface area (Å²) in [5.74, 6) is 0.556. The van der Waals surface area contributed by atoms with Crippen molar-refractivity contribution >= 4 is 0 Å². The lowest BCUT2D eigenvalue weighted by Gasteiger charge is -2.16. The third kappa shape index (κ3) is 3.26. The molecule has 1 aromatic rings. The van der Waals surface area contributed by atoms with E-state index in [1.54, 1.807) is 6.07 Å². The number of rotatable bonds is 4. The Hall–Kier alpha value is -1.23. The zero-order valence-electron chi connectivity index (χ0n) is 11.7. The van der Waals surface area contributed by atoms with Crippen molar-refractivity contribution in [3.63, 3.8) is 0 Å². The van der Waals surface area contributed by atoms with Crippen LogP contribution in [0, 0.1) is 6.92 Å². The maximum absolute atomic E-state index is 12.1. The topological polar surface area (TPSA) is 32.3 Å². The smallest absolute Gasteiger partial charge is 0.389 e. The molecule has 1 aliphatic carbocycles. The fraction of sp³-hybridized carbons (Fsp3) is 0.600. The second kappa shape index (κ2) is 5.64. The van der Waals surface area contributed by atoms with Crippen molar-refractivity contribution in [1.82, 2.24) is 5.32 Å². The summed E-state index contributed by atoms with van der Waals surface area (Å²) >= 11 is 0. The third-order valence-electron chi connectivity index (χ3n) is 3.94. The summed E-state index contributed by atoms with van der Waals surface area (Å²) < 4.78 is 36.3. The zero-order valence-corrected chi connectivity index (χ0v) is 11.7. The van der Waals surface area contributed by atoms with Crippen molar-refractivity contribution in [1.29, 1.82) is 0 Å². The first-order chi connectivity index (χ1) is 9.29. The molecule has 2 N–H and O–H groups in total. The third-order valence-corrected chi connectivity index (χ3v) is 3.94. The number of benzene rings is 1. The van der Waals surface area contributed by atoms with Crippen molar-refractivity contribution in [3.05, 3.63) is 28.8 Å². The highest BCUT2D eigenvalue weighted by Gasteiger charge is 2.32. The second-order valence-corrected chi connectivity index (χ2v) is 5.59. The minimum Gasteiger partial charge on any atom is -0.508 e. The summed E-state index contributed by atoms with van der Waals surface area (Å²) in [5.41, 5.74) is 3.13. The van der Waals surface area contributed by atoms with Gasteiger partial charge in [0.05, 0.1) is 0 Å². The van der Waals surface area contributed by atoms with Gasteiger partial charge in [-0.05, 0) is 49.4 Å². The van der Waals surface area contributed by atoms with Gasteiger partial charge in [-0.15, -0.1) is 0 Å². The monoisotopic (exact) mass is 287 g/mol. The Kier molecular flexibility index (Phi) is 4.28. The SMILES string of the molecule is Cc1ccc(O)c2c1C(C)CC2NCCCC(F)(F)F. The van der Waals surface area contributed by atoms with Gasteiger partial charge in [0.1, 0.15) is 5.75 Å². The number of aromatic hydroxyl groups is 1. The number of nitrogens with one attached hydrogen (secondary N) is 1. The van der Waals surface area contributed by atoms with Gasteiger partial charge in [0.15, 0.2) is 0 Å². The van der Waals surface area contributed by atoms with Crippen LogP contribution in [0.25, 0.3) is 0 Å². The first-order valence-corrected chi connectivity index (χ1v) is 6.92. The van der Waals surface area contributed by atoms with Gasteiger partial charge in [-0.3, -0.25) is 0 Å². The highest BCUT2D eigenvalue weighted by Crippen LogP contribution is 2.45. The van der Waals surface area contributed by atoms with E-state index in [-0.39, 0.29) is 18.2 Å². The molecule has 0 fully saturated rings. The lowest BCUT2D eigenvalue weighted by molar-refractivity contribution is -0.135. The van der Waals surface area contributed by atoms with Crippen LogP contribution in [0.5, 0.6) is 5.75 Å². The van der Waals surface area contributed by atoms with Crippen LogP contribution in [0.4, 0.5) is 13.2 Å². The van der Waals surface area contributed by atoms with E-state index in [0.717, 1.165) is 23.1 Å². The molecule has 5 heteroatoms. The Morgan fingerprint density at radius 3 is 2.65 bits per heavy atom. The van der Waals surface area contributed by atoms with E-state index >= 15 is 0 Å². The maximum atomic E-state index is 12.1. The predicted octanol–water partition coefficient (Wildman–Crippen LogP) is 4.18. The van der Waals surface area contributed by atoms with E-state index in [0.29, 0.717) is 12.5 Å². The molecule has 0 saturated heterocycles. The van der Waals surface area contributed by atoms with Crippen molar-refractivity contribution in [2.75, 3.05) is 6.54 Å². The predicted molar refractivity (Wildman–Crippen MR) is 71.9 cm³/mol. The Morgan fingerprint density at radius 2 is 2.00 bits per heavy atom. The average molecular weight is 287 g/mol. The van der Waals surface area contributed by atoms with Gasteiger partial charge in [0.25, 0.3) is 0 Å². The van der Waals surface area contributed by atoms with Crippen molar-refractivity contribution < 1.29 is 18.3 Å². The van der Waals surface area contributed by atoms with Gasteiger partial charge < -0.3 is 10.4 Å². The molecule has 112 valence electrons. The average Bonchev–Trinajstić information content (AvgIpc) is 2.67. The normalized spacial score (nSPS) is 22.1. The number of halogens is 3. The molecule has 20 heavy (non-hydrogen) atoms. The summed E-state index contributed by atoms with van der Waals surface area (Å²) in [6.07, 6.45) is -3.98. The second-order valence-electron chi connectivity index (χ2n) is 5.59. The summed E-state index contributed by atoms with van der Waals surface area (Å²) in [6, 6.07) is 3.50. The number of phenolic OH excluding ortho intramolecular Hbond substituents is 1. The van der Waals surface area contributed by atoms with Crippen LogP contribution in [0.3, 0.4) is 0 Å². The van der Waals surface area contributed by atoms with E-state index in [2.05, 4.69) is 12.2 Å². The number of aryl methyl sites for hydroxylation is 1. The Labute approximate surface area is 117 Å². The molecule has 0 bridgehead atoms. The molecule has 0 heterocycles. The van der Waals surface area contributed by atoms with Gasteiger partial charge in [-0.2, -0.15) is 13.2 Å². The van der Waals surface area contributed by atoms with E-state index < -0.39 is 12.6 Å². The van der Waals surface area contributed by atoms with Crippen LogP contribution >= 0.6 is 0 Å². The lowest BCUT2D eigenvalue weighted by Crippen LogP contribution is -2.22. The van der Waals surface area contributed by atoms with E-state index in [9.17, 15) is 18.3 Å². The number of alkyl halides is 3. The minimum atomic E-state index is -4.10. The van der Waals surface area contributed by atoms with Crippen LogP contribution < -0.4 is 5.32 Å².